The van der Waals surface area contributed by atoms with E-state index in [9.17, 15) is 4.79 Å². The Morgan fingerprint density at radius 1 is 1.37 bits per heavy atom. The van der Waals surface area contributed by atoms with Gasteiger partial charge in [0.1, 0.15) is 5.69 Å². The summed E-state index contributed by atoms with van der Waals surface area (Å²) < 4.78 is 1.52. The first-order valence-electron chi connectivity index (χ1n) is 5.36. The van der Waals surface area contributed by atoms with E-state index in [0.717, 1.165) is 0 Å². The van der Waals surface area contributed by atoms with Gasteiger partial charge in [-0.25, -0.2) is 4.68 Å². The number of aryl methyl sites for hydroxylation is 1. The van der Waals surface area contributed by atoms with Gasteiger partial charge in [0, 0.05) is 17.3 Å². The Kier molecular flexibility index (Phi) is 3.73. The average Bonchev–Trinajstić information content (AvgIpc) is 2.60. The molecule has 0 spiro atoms. The number of hydrogen-bond donors (Lipinski definition) is 1. The number of aromatic nitrogens is 4. The molecule has 0 fully saturated rings. The Morgan fingerprint density at radius 3 is 2.68 bits per heavy atom. The van der Waals surface area contributed by atoms with Crippen LogP contribution >= 0.6 is 23.2 Å². The fourth-order valence-electron chi connectivity index (χ4n) is 1.81. The van der Waals surface area contributed by atoms with Crippen LogP contribution in [-0.4, -0.2) is 31.1 Å². The fourth-order valence-corrected chi connectivity index (χ4v) is 2.12. The monoisotopic (exact) mass is 300 g/mol. The van der Waals surface area contributed by atoms with E-state index in [0.29, 0.717) is 22.6 Å². The summed E-state index contributed by atoms with van der Waals surface area (Å²) in [5, 5.41) is 20.8. The molecule has 100 valence electrons. The second kappa shape index (κ2) is 5.14. The van der Waals surface area contributed by atoms with Crippen LogP contribution in [0, 0.1) is 13.8 Å². The Bertz CT molecular complexity index is 654. The van der Waals surface area contributed by atoms with Crippen molar-refractivity contribution in [3.63, 3.8) is 0 Å². The molecular formula is C11H10Cl2N4O2. The number of rotatable bonds is 3. The summed E-state index contributed by atoms with van der Waals surface area (Å²) in [6.45, 7) is 3.51. The second-order valence-electron chi connectivity index (χ2n) is 3.97. The number of halogens is 2. The Morgan fingerprint density at radius 2 is 2.05 bits per heavy atom. The molecule has 0 saturated carbocycles. The van der Waals surface area contributed by atoms with Gasteiger partial charge < -0.3 is 5.11 Å². The standard InChI is InChI=1S/C11H10Cl2N4O2/c1-5-7(3-10(18)19)6(2)17(16-5)8-4-9(12)14-15-11(8)13/h4H,3H2,1-2H3,(H,18,19). The zero-order valence-corrected chi connectivity index (χ0v) is 11.7. The lowest BCUT2D eigenvalue weighted by Crippen LogP contribution is -2.05. The molecule has 0 aliphatic carbocycles. The lowest BCUT2D eigenvalue weighted by Gasteiger charge is -2.06. The van der Waals surface area contributed by atoms with E-state index in [2.05, 4.69) is 15.3 Å². The number of carboxylic acid groups (broad SMARTS) is 1. The molecule has 6 nitrogen and oxygen atoms in total. The molecule has 19 heavy (non-hydrogen) atoms. The Labute approximate surface area is 119 Å². The summed E-state index contributed by atoms with van der Waals surface area (Å²) in [6, 6.07) is 1.53. The second-order valence-corrected chi connectivity index (χ2v) is 4.72. The van der Waals surface area contributed by atoms with Gasteiger partial charge in [0.2, 0.25) is 0 Å². The minimum Gasteiger partial charge on any atom is -0.481 e. The molecule has 0 aromatic carbocycles. The summed E-state index contributed by atoms with van der Waals surface area (Å²) in [4.78, 5) is 10.8. The van der Waals surface area contributed by atoms with Crippen molar-refractivity contribution in [3.8, 4) is 5.69 Å². The van der Waals surface area contributed by atoms with Gasteiger partial charge in [-0.1, -0.05) is 23.2 Å². The average molecular weight is 301 g/mol. The first-order valence-corrected chi connectivity index (χ1v) is 6.11. The maximum Gasteiger partial charge on any atom is 0.307 e. The summed E-state index contributed by atoms with van der Waals surface area (Å²) in [6.07, 6.45) is -0.0957. The molecule has 0 aliphatic rings. The van der Waals surface area contributed by atoms with Gasteiger partial charge in [-0.15, -0.1) is 10.2 Å². The van der Waals surface area contributed by atoms with Crippen molar-refractivity contribution in [2.75, 3.05) is 0 Å². The van der Waals surface area contributed by atoms with Crippen molar-refractivity contribution in [2.24, 2.45) is 0 Å². The van der Waals surface area contributed by atoms with Gasteiger partial charge >= 0.3 is 5.97 Å². The highest BCUT2D eigenvalue weighted by atomic mass is 35.5. The molecule has 2 aromatic rings. The third-order valence-corrected chi connectivity index (χ3v) is 3.15. The predicted octanol–water partition coefficient (Wildman–Crippen LogP) is 2.21. The molecule has 2 aromatic heterocycles. The summed E-state index contributed by atoms with van der Waals surface area (Å²) in [5.41, 5.74) is 2.44. The highest BCUT2D eigenvalue weighted by Gasteiger charge is 2.17. The molecule has 2 heterocycles. The van der Waals surface area contributed by atoms with E-state index >= 15 is 0 Å². The molecule has 0 unspecified atom stereocenters. The highest BCUT2D eigenvalue weighted by Crippen LogP contribution is 2.24. The van der Waals surface area contributed by atoms with Gasteiger partial charge in [-0.05, 0) is 13.8 Å². The van der Waals surface area contributed by atoms with E-state index in [4.69, 9.17) is 28.3 Å². The van der Waals surface area contributed by atoms with Crippen molar-refractivity contribution in [1.82, 2.24) is 20.0 Å². The van der Waals surface area contributed by atoms with E-state index < -0.39 is 5.97 Å². The molecule has 8 heteroatoms. The molecular weight excluding hydrogens is 291 g/mol. The number of aliphatic carboxylic acids is 1. The molecule has 0 saturated heterocycles. The molecule has 0 aliphatic heterocycles. The van der Waals surface area contributed by atoms with Crippen LogP contribution in [0.15, 0.2) is 6.07 Å². The van der Waals surface area contributed by atoms with Crippen molar-refractivity contribution >= 4 is 29.2 Å². The van der Waals surface area contributed by atoms with Crippen molar-refractivity contribution in [3.05, 3.63) is 33.3 Å². The van der Waals surface area contributed by atoms with Gasteiger partial charge in [0.15, 0.2) is 10.3 Å². The van der Waals surface area contributed by atoms with Crippen molar-refractivity contribution < 1.29 is 9.90 Å². The summed E-state index contributed by atoms with van der Waals surface area (Å²) in [7, 11) is 0. The van der Waals surface area contributed by atoms with Gasteiger partial charge in [0.25, 0.3) is 0 Å². The number of carboxylic acids is 1. The molecule has 0 radical (unpaired) electrons. The van der Waals surface area contributed by atoms with Crippen LogP contribution in [0.25, 0.3) is 5.69 Å². The molecule has 0 atom stereocenters. The minimum atomic E-state index is -0.914. The third-order valence-electron chi connectivity index (χ3n) is 2.70. The summed E-state index contributed by atoms with van der Waals surface area (Å²) in [5.74, 6) is -0.914. The van der Waals surface area contributed by atoms with Crippen LogP contribution in [0.5, 0.6) is 0 Å². The zero-order valence-electron chi connectivity index (χ0n) is 10.2. The predicted molar refractivity (Wildman–Crippen MR) is 70.0 cm³/mol. The number of carbonyl (C=O) groups is 1. The fraction of sp³-hybridized carbons (Fsp3) is 0.273. The maximum absolute atomic E-state index is 10.8. The van der Waals surface area contributed by atoms with Crippen LogP contribution in [-0.2, 0) is 11.2 Å². The maximum atomic E-state index is 10.8. The van der Waals surface area contributed by atoms with E-state index in [1.807, 2.05) is 0 Å². The van der Waals surface area contributed by atoms with Gasteiger partial charge in [-0.2, -0.15) is 5.10 Å². The lowest BCUT2D eigenvalue weighted by molar-refractivity contribution is -0.136. The van der Waals surface area contributed by atoms with Gasteiger partial charge in [-0.3, -0.25) is 4.79 Å². The first kappa shape index (κ1) is 13.8. The van der Waals surface area contributed by atoms with Crippen molar-refractivity contribution in [1.29, 1.82) is 0 Å². The van der Waals surface area contributed by atoms with E-state index in [1.54, 1.807) is 13.8 Å². The normalized spacial score (nSPS) is 10.7. The summed E-state index contributed by atoms with van der Waals surface area (Å²) >= 11 is 11.7. The largest absolute Gasteiger partial charge is 0.481 e. The molecule has 0 amide bonds. The minimum absolute atomic E-state index is 0.0957. The van der Waals surface area contributed by atoms with Crippen LogP contribution in [0.4, 0.5) is 0 Å². The lowest BCUT2D eigenvalue weighted by atomic mass is 10.1. The van der Waals surface area contributed by atoms with Gasteiger partial charge in [0.05, 0.1) is 12.1 Å². The number of nitrogens with zero attached hydrogens (tertiary/aromatic N) is 4. The van der Waals surface area contributed by atoms with Crippen LogP contribution in [0.2, 0.25) is 10.3 Å². The van der Waals surface area contributed by atoms with Crippen LogP contribution in [0.3, 0.4) is 0 Å². The van der Waals surface area contributed by atoms with Crippen molar-refractivity contribution in [2.45, 2.75) is 20.3 Å². The topological polar surface area (TPSA) is 80.9 Å². The molecule has 2 rings (SSSR count). The smallest absolute Gasteiger partial charge is 0.307 e. The first-order chi connectivity index (χ1) is 8.90. The van der Waals surface area contributed by atoms with E-state index in [1.165, 1.54) is 10.7 Å². The van der Waals surface area contributed by atoms with Crippen LogP contribution < -0.4 is 0 Å². The Hall–Kier alpha value is -1.66. The quantitative estimate of drug-likeness (QED) is 0.940. The third kappa shape index (κ3) is 2.69. The number of hydrogen-bond acceptors (Lipinski definition) is 4. The van der Waals surface area contributed by atoms with E-state index in [-0.39, 0.29) is 16.7 Å². The zero-order chi connectivity index (χ0) is 14.2. The molecule has 1 N–H and O–H groups in total. The SMILES string of the molecule is Cc1nn(-c2cc(Cl)nnc2Cl)c(C)c1CC(=O)O. The van der Waals surface area contributed by atoms with Crippen LogP contribution in [0.1, 0.15) is 17.0 Å². The highest BCUT2D eigenvalue weighted by molar-refractivity contribution is 6.32. The Balaban J connectivity index is 2.57. The molecule has 0 bridgehead atoms.